The zero-order valence-electron chi connectivity index (χ0n) is 4.50. The van der Waals surface area contributed by atoms with Crippen molar-refractivity contribution in [1.82, 2.24) is 0 Å². The van der Waals surface area contributed by atoms with E-state index in [1.165, 1.54) is 0 Å². The van der Waals surface area contributed by atoms with Gasteiger partial charge in [0, 0.05) is 6.42 Å². The number of hydrogen-bond acceptors (Lipinski definition) is 3. The van der Waals surface area contributed by atoms with Crippen molar-refractivity contribution in [2.45, 2.75) is 11.3 Å². The molecule has 0 unspecified atom stereocenters. The van der Waals surface area contributed by atoms with Gasteiger partial charge in [0.15, 0.2) is 0 Å². The van der Waals surface area contributed by atoms with Crippen LogP contribution < -0.4 is 0 Å². The van der Waals surface area contributed by atoms with Gasteiger partial charge in [-0.3, -0.25) is 0 Å². The molecule has 6 heteroatoms. The molecule has 0 bridgehead atoms. The van der Waals surface area contributed by atoms with E-state index in [0.29, 0.717) is 6.42 Å². The first kappa shape index (κ1) is 9.89. The monoisotopic (exact) mass is 192 g/mol. The van der Waals surface area contributed by atoms with E-state index in [2.05, 4.69) is 4.52 Å². The molecule has 2 N–H and O–H groups in total. The Kier molecular flexibility index (Phi) is 6.22. The maximum Gasteiger partial charge on any atom is 0.327 e. The van der Waals surface area contributed by atoms with Crippen LogP contribution in [0.4, 0.5) is 0 Å². The summed E-state index contributed by atoms with van der Waals surface area (Å²) in [6, 6.07) is 0. The van der Waals surface area contributed by atoms with Gasteiger partial charge in [-0.1, -0.05) is 0 Å². The fraction of sp³-hybridized carbons (Fsp3) is 1.00. The van der Waals surface area contributed by atoms with E-state index in [9.17, 15) is 0 Å². The standard InChI is InChI=1S/C3H7Cl2O3P/c4-3(5)1-2-8-9(6)7/h3,6-7H,1-2H2. The molecule has 0 radical (unpaired) electrons. The highest BCUT2D eigenvalue weighted by Crippen LogP contribution is 2.24. The summed E-state index contributed by atoms with van der Waals surface area (Å²) in [5, 5.41) is 0. The van der Waals surface area contributed by atoms with Crippen LogP contribution in [-0.2, 0) is 4.52 Å². The average molecular weight is 193 g/mol. The zero-order valence-corrected chi connectivity index (χ0v) is 6.90. The predicted molar refractivity (Wildman–Crippen MR) is 37.4 cm³/mol. The normalized spacial score (nSPS) is 11.3. The summed E-state index contributed by atoms with van der Waals surface area (Å²) in [6.45, 7) is 0.177. The molecule has 3 nitrogen and oxygen atoms in total. The molecular weight excluding hydrogens is 186 g/mol. The van der Waals surface area contributed by atoms with Gasteiger partial charge in [-0.15, -0.1) is 23.2 Å². The Bertz CT molecular complexity index is 62.1. The van der Waals surface area contributed by atoms with E-state index in [4.69, 9.17) is 33.0 Å². The van der Waals surface area contributed by atoms with Gasteiger partial charge in [-0.05, 0) is 0 Å². The van der Waals surface area contributed by atoms with E-state index < -0.39 is 13.4 Å². The van der Waals surface area contributed by atoms with Crippen LogP contribution in [0, 0.1) is 0 Å². The fourth-order valence-corrected chi connectivity index (χ4v) is 0.670. The van der Waals surface area contributed by atoms with Gasteiger partial charge in [0.2, 0.25) is 0 Å². The number of hydrogen-bond donors (Lipinski definition) is 2. The first-order valence-corrected chi connectivity index (χ1v) is 4.25. The molecule has 0 saturated heterocycles. The highest BCUT2D eigenvalue weighted by Gasteiger charge is 2.01. The van der Waals surface area contributed by atoms with Crippen LogP contribution in [0.1, 0.15) is 6.42 Å². The van der Waals surface area contributed by atoms with Crippen molar-refractivity contribution in [3.8, 4) is 0 Å². The van der Waals surface area contributed by atoms with Crippen molar-refractivity contribution >= 4 is 31.8 Å². The zero-order chi connectivity index (χ0) is 7.28. The minimum absolute atomic E-state index is 0.177. The molecule has 9 heavy (non-hydrogen) atoms. The minimum atomic E-state index is -2.25. The van der Waals surface area contributed by atoms with Crippen LogP contribution >= 0.6 is 31.8 Å². The third-order valence-electron chi connectivity index (χ3n) is 0.543. The molecule has 0 heterocycles. The third-order valence-corrected chi connectivity index (χ3v) is 1.39. The fourth-order valence-electron chi connectivity index (χ4n) is 0.223. The van der Waals surface area contributed by atoms with Crippen molar-refractivity contribution in [3.63, 3.8) is 0 Å². The minimum Gasteiger partial charge on any atom is -0.328 e. The van der Waals surface area contributed by atoms with Gasteiger partial charge in [-0.2, -0.15) is 0 Å². The Balaban J connectivity index is 2.91. The van der Waals surface area contributed by atoms with Crippen LogP contribution in [-0.4, -0.2) is 21.2 Å². The molecule has 0 aromatic carbocycles. The van der Waals surface area contributed by atoms with Gasteiger partial charge in [0.25, 0.3) is 0 Å². The molecule has 0 atom stereocenters. The lowest BCUT2D eigenvalue weighted by molar-refractivity contribution is 0.254. The number of halogens is 2. The highest BCUT2D eigenvalue weighted by atomic mass is 35.5. The molecule has 56 valence electrons. The first-order chi connectivity index (χ1) is 4.13. The summed E-state index contributed by atoms with van der Waals surface area (Å²) in [6.07, 6.45) is 0.406. The van der Waals surface area contributed by atoms with Crippen molar-refractivity contribution in [2.24, 2.45) is 0 Å². The molecule has 0 amide bonds. The lowest BCUT2D eigenvalue weighted by Gasteiger charge is -2.02. The van der Waals surface area contributed by atoms with Crippen molar-refractivity contribution in [1.29, 1.82) is 0 Å². The lowest BCUT2D eigenvalue weighted by atomic mass is 10.5. The van der Waals surface area contributed by atoms with Gasteiger partial charge in [0.05, 0.1) is 6.61 Å². The lowest BCUT2D eigenvalue weighted by Crippen LogP contribution is -1.94. The molecular formula is C3H7Cl2O3P. The summed E-state index contributed by atoms with van der Waals surface area (Å²) >= 11 is 10.6. The van der Waals surface area contributed by atoms with Gasteiger partial charge >= 0.3 is 8.60 Å². The second-order valence-corrected chi connectivity index (χ2v) is 3.31. The largest absolute Gasteiger partial charge is 0.328 e. The molecule has 0 aliphatic rings. The Morgan fingerprint density at radius 2 is 2.00 bits per heavy atom. The summed E-state index contributed by atoms with van der Waals surface area (Å²) in [5.41, 5.74) is 0. The smallest absolute Gasteiger partial charge is 0.327 e. The van der Waals surface area contributed by atoms with E-state index in [1.807, 2.05) is 0 Å². The maximum absolute atomic E-state index is 8.18. The van der Waals surface area contributed by atoms with E-state index >= 15 is 0 Å². The topological polar surface area (TPSA) is 49.7 Å². The van der Waals surface area contributed by atoms with Crippen LogP contribution in [0.3, 0.4) is 0 Å². The van der Waals surface area contributed by atoms with Crippen LogP contribution in [0.2, 0.25) is 0 Å². The van der Waals surface area contributed by atoms with Gasteiger partial charge in [-0.25, -0.2) is 0 Å². The Labute approximate surface area is 64.5 Å². The predicted octanol–water partition coefficient (Wildman–Crippen LogP) is 1.41. The molecule has 0 saturated carbocycles. The summed E-state index contributed by atoms with van der Waals surface area (Å²) < 4.78 is 4.36. The summed E-state index contributed by atoms with van der Waals surface area (Å²) in [7, 11) is -2.25. The average Bonchev–Trinajstić information content (AvgIpc) is 1.63. The molecule has 0 aromatic heterocycles. The van der Waals surface area contributed by atoms with Gasteiger partial charge in [0.1, 0.15) is 4.84 Å². The summed E-state index contributed by atoms with van der Waals surface area (Å²) in [5.74, 6) is 0. The third kappa shape index (κ3) is 8.89. The van der Waals surface area contributed by atoms with E-state index in [-0.39, 0.29) is 6.61 Å². The van der Waals surface area contributed by atoms with Gasteiger partial charge < -0.3 is 14.3 Å². The van der Waals surface area contributed by atoms with Crippen molar-refractivity contribution < 1.29 is 14.3 Å². The second kappa shape index (κ2) is 5.66. The second-order valence-electron chi connectivity index (χ2n) is 1.27. The molecule has 0 aromatic rings. The van der Waals surface area contributed by atoms with Crippen LogP contribution in [0.15, 0.2) is 0 Å². The molecule has 0 fully saturated rings. The maximum atomic E-state index is 8.18. The van der Waals surface area contributed by atoms with Crippen molar-refractivity contribution in [2.75, 3.05) is 6.61 Å². The molecule has 0 aliphatic heterocycles. The van der Waals surface area contributed by atoms with Crippen molar-refractivity contribution in [3.05, 3.63) is 0 Å². The Morgan fingerprint density at radius 3 is 2.33 bits per heavy atom. The first-order valence-electron chi connectivity index (χ1n) is 2.22. The van der Waals surface area contributed by atoms with E-state index in [0.717, 1.165) is 0 Å². The molecule has 0 spiro atoms. The van der Waals surface area contributed by atoms with Crippen LogP contribution in [0.5, 0.6) is 0 Å². The Hall–Kier alpha value is 0.890. The summed E-state index contributed by atoms with van der Waals surface area (Å²) in [4.78, 5) is 15.9. The molecule has 0 rings (SSSR count). The quantitative estimate of drug-likeness (QED) is 0.524. The SMILES string of the molecule is OP(O)OCCC(Cl)Cl. The number of alkyl halides is 2. The number of rotatable bonds is 4. The highest BCUT2D eigenvalue weighted by molar-refractivity contribution is 7.39. The van der Waals surface area contributed by atoms with E-state index in [1.54, 1.807) is 0 Å². The Morgan fingerprint density at radius 1 is 1.44 bits per heavy atom. The molecule has 0 aliphatic carbocycles. The van der Waals surface area contributed by atoms with Crippen LogP contribution in [0.25, 0.3) is 0 Å².